The Labute approximate surface area is 516 Å². The number of amides is 1. The Hall–Kier alpha value is -3.15. The van der Waals surface area contributed by atoms with Crippen molar-refractivity contribution >= 4 is 5.91 Å². The summed E-state index contributed by atoms with van der Waals surface area (Å²) in [7, 11) is 0. The smallest absolute Gasteiger partial charge is 0.220 e. The Morgan fingerprint density at radius 3 is 1.10 bits per heavy atom. The van der Waals surface area contributed by atoms with Gasteiger partial charge in [-0.05, 0) is 83.5 Å². The van der Waals surface area contributed by atoms with Gasteiger partial charge in [0, 0.05) is 6.42 Å². The number of unbranched alkanes of at least 4 members (excludes halogenated alkanes) is 34. The summed E-state index contributed by atoms with van der Waals surface area (Å²) in [5.74, 6) is -0.180. The second kappa shape index (κ2) is 62.9. The standard InChI is InChI=1S/C75H131NO8/c1-3-5-7-9-11-13-15-17-19-21-23-25-27-29-30-31-32-33-34-35-36-37-38-39-40-41-43-45-47-49-51-53-55-57-59-61-63-65-71(79)76-68(67-83-75-74(82)73(81)72(80)70(66-77)84-75)69(78)64-62-60-58-56-54-52-50-48-46-44-42-28-26-24-22-20-18-16-14-12-10-8-6-4-2/h5,7,11,13,17,19,23,25,29-30,32-33,35-36,38-39,62,64,68-70,72-75,77-78,80-82H,3-4,6,8-10,12,14-16,18,20-22,24,26-28,31,34,37,40-61,63,65-67H2,1-2H3,(H,76,79)/b7-5-,13-11-,19-17-,25-23-,30-29-,33-32-,36-35-,39-38-,64-62+. The maximum atomic E-state index is 13.1. The zero-order valence-corrected chi connectivity index (χ0v) is 54.1. The van der Waals surface area contributed by atoms with Crippen molar-refractivity contribution in [3.63, 3.8) is 0 Å². The lowest BCUT2D eigenvalue weighted by molar-refractivity contribution is -0.302. The van der Waals surface area contributed by atoms with E-state index in [1.807, 2.05) is 6.08 Å². The van der Waals surface area contributed by atoms with Crippen LogP contribution in [0.4, 0.5) is 0 Å². The summed E-state index contributed by atoms with van der Waals surface area (Å²) in [4.78, 5) is 13.1. The van der Waals surface area contributed by atoms with Crippen LogP contribution in [-0.4, -0.2) is 87.5 Å². The fraction of sp³-hybridized carbons (Fsp3) is 0.747. The van der Waals surface area contributed by atoms with E-state index in [9.17, 15) is 30.3 Å². The third kappa shape index (κ3) is 50.9. The maximum Gasteiger partial charge on any atom is 0.220 e. The Balaban J connectivity index is 2.14. The lowest BCUT2D eigenvalue weighted by Crippen LogP contribution is -2.60. The fourth-order valence-corrected chi connectivity index (χ4v) is 10.6. The van der Waals surface area contributed by atoms with Crippen LogP contribution in [0.25, 0.3) is 0 Å². The monoisotopic (exact) mass is 1170 g/mol. The first-order chi connectivity index (χ1) is 41.3. The van der Waals surface area contributed by atoms with Crippen molar-refractivity contribution in [1.82, 2.24) is 5.32 Å². The van der Waals surface area contributed by atoms with Crippen LogP contribution in [0, 0.1) is 0 Å². The number of ether oxygens (including phenoxy) is 2. The first-order valence-corrected chi connectivity index (χ1v) is 35.1. The van der Waals surface area contributed by atoms with Gasteiger partial charge in [0.15, 0.2) is 6.29 Å². The quantitative estimate of drug-likeness (QED) is 0.0261. The molecule has 484 valence electrons. The van der Waals surface area contributed by atoms with E-state index in [1.54, 1.807) is 6.08 Å². The third-order valence-electron chi connectivity index (χ3n) is 16.1. The lowest BCUT2D eigenvalue weighted by atomic mass is 9.99. The molecule has 9 nitrogen and oxygen atoms in total. The molecule has 0 spiro atoms. The van der Waals surface area contributed by atoms with Crippen LogP contribution >= 0.6 is 0 Å². The van der Waals surface area contributed by atoms with E-state index in [4.69, 9.17) is 9.47 Å². The van der Waals surface area contributed by atoms with Gasteiger partial charge >= 0.3 is 0 Å². The zero-order chi connectivity index (χ0) is 60.7. The number of carbonyl (C=O) groups excluding carboxylic acids is 1. The number of carbonyl (C=O) groups is 1. The van der Waals surface area contributed by atoms with Gasteiger partial charge < -0.3 is 40.3 Å². The lowest BCUT2D eigenvalue weighted by Gasteiger charge is -2.40. The van der Waals surface area contributed by atoms with Gasteiger partial charge in [0.05, 0.1) is 25.4 Å². The van der Waals surface area contributed by atoms with Gasteiger partial charge in [0.25, 0.3) is 0 Å². The molecule has 9 heteroatoms. The molecule has 0 bridgehead atoms. The van der Waals surface area contributed by atoms with Crippen molar-refractivity contribution in [1.29, 1.82) is 0 Å². The van der Waals surface area contributed by atoms with Crippen LogP contribution in [0.2, 0.25) is 0 Å². The van der Waals surface area contributed by atoms with Crippen LogP contribution in [-0.2, 0) is 14.3 Å². The second-order valence-corrected chi connectivity index (χ2v) is 23.9. The van der Waals surface area contributed by atoms with Crippen molar-refractivity contribution in [3.8, 4) is 0 Å². The topological polar surface area (TPSA) is 149 Å². The van der Waals surface area contributed by atoms with Crippen LogP contribution < -0.4 is 5.32 Å². The molecule has 1 rings (SSSR count). The Bertz CT molecular complexity index is 1690. The third-order valence-corrected chi connectivity index (χ3v) is 16.1. The van der Waals surface area contributed by atoms with Gasteiger partial charge in [-0.15, -0.1) is 0 Å². The first kappa shape index (κ1) is 78.9. The molecule has 0 aromatic rings. The van der Waals surface area contributed by atoms with Gasteiger partial charge in [0.1, 0.15) is 24.4 Å². The van der Waals surface area contributed by atoms with Crippen LogP contribution in [0.1, 0.15) is 303 Å². The molecule has 1 heterocycles. The van der Waals surface area contributed by atoms with E-state index in [0.717, 1.165) is 89.9 Å². The average molecular weight is 1170 g/mol. The van der Waals surface area contributed by atoms with Crippen molar-refractivity contribution in [3.05, 3.63) is 109 Å². The largest absolute Gasteiger partial charge is 0.394 e. The summed E-state index contributed by atoms with van der Waals surface area (Å²) in [5.41, 5.74) is 0. The number of allylic oxidation sites excluding steroid dienone is 17. The molecule has 6 N–H and O–H groups in total. The summed E-state index contributed by atoms with van der Waals surface area (Å²) in [5, 5.41) is 54.8. The van der Waals surface area contributed by atoms with E-state index >= 15 is 0 Å². The Morgan fingerprint density at radius 2 is 0.738 bits per heavy atom. The predicted molar refractivity (Wildman–Crippen MR) is 359 cm³/mol. The highest BCUT2D eigenvalue weighted by atomic mass is 16.7. The normalized spacial score (nSPS) is 18.9. The average Bonchev–Trinajstić information content (AvgIpc) is 3.70. The van der Waals surface area contributed by atoms with Gasteiger partial charge in [-0.2, -0.15) is 0 Å². The molecule has 1 fully saturated rings. The molecular formula is C75H131NO8. The molecule has 1 saturated heterocycles. The van der Waals surface area contributed by atoms with Crippen LogP contribution in [0.3, 0.4) is 0 Å². The van der Waals surface area contributed by atoms with Crippen LogP contribution in [0.5, 0.6) is 0 Å². The summed E-state index contributed by atoms with van der Waals surface area (Å²) < 4.78 is 11.3. The number of nitrogens with one attached hydrogen (secondary N) is 1. The summed E-state index contributed by atoms with van der Waals surface area (Å²) in [6.45, 7) is 3.69. The zero-order valence-electron chi connectivity index (χ0n) is 54.1. The molecule has 84 heavy (non-hydrogen) atoms. The Morgan fingerprint density at radius 1 is 0.417 bits per heavy atom. The molecule has 0 aromatic heterocycles. The molecule has 1 amide bonds. The maximum absolute atomic E-state index is 13.1. The molecule has 0 aromatic carbocycles. The van der Waals surface area contributed by atoms with Crippen molar-refractivity contribution in [2.24, 2.45) is 0 Å². The molecule has 0 radical (unpaired) electrons. The minimum absolute atomic E-state index is 0.180. The van der Waals surface area contributed by atoms with Gasteiger partial charge in [-0.25, -0.2) is 0 Å². The summed E-state index contributed by atoms with van der Waals surface area (Å²) >= 11 is 0. The van der Waals surface area contributed by atoms with E-state index in [2.05, 4.69) is 116 Å². The highest BCUT2D eigenvalue weighted by Crippen LogP contribution is 2.23. The van der Waals surface area contributed by atoms with Gasteiger partial charge in [0.2, 0.25) is 5.91 Å². The van der Waals surface area contributed by atoms with E-state index in [-0.39, 0.29) is 12.5 Å². The van der Waals surface area contributed by atoms with Crippen molar-refractivity contribution in [2.75, 3.05) is 13.2 Å². The molecule has 0 saturated carbocycles. The predicted octanol–water partition coefficient (Wildman–Crippen LogP) is 19.2. The number of hydrogen-bond donors (Lipinski definition) is 6. The summed E-state index contributed by atoms with van der Waals surface area (Å²) in [6.07, 6.45) is 86.1. The molecule has 7 unspecified atom stereocenters. The second-order valence-electron chi connectivity index (χ2n) is 23.9. The molecule has 0 aliphatic carbocycles. The number of aliphatic hydroxyl groups is 5. The van der Waals surface area contributed by atoms with E-state index < -0.39 is 49.5 Å². The molecule has 1 aliphatic heterocycles. The minimum atomic E-state index is -1.57. The SMILES string of the molecule is CC/C=C\C/C=C\C/C=C\C/C=C\C/C=C\C/C=C\C/C=C\C/C=C\CCCCCCCCCCCCCCC(=O)NC(COC1OC(CO)C(O)C(O)C1O)C(O)/C=C/CCCCCCCCCCCCCCCCCCCCCCCC. The highest BCUT2D eigenvalue weighted by Gasteiger charge is 2.44. The fourth-order valence-electron chi connectivity index (χ4n) is 10.6. The van der Waals surface area contributed by atoms with Gasteiger partial charge in [-0.3, -0.25) is 4.79 Å². The van der Waals surface area contributed by atoms with E-state index in [0.29, 0.717) is 6.42 Å². The summed E-state index contributed by atoms with van der Waals surface area (Å²) in [6, 6.07) is -0.814. The Kier molecular flexibility index (Phi) is 59.0. The molecule has 7 atom stereocenters. The highest BCUT2D eigenvalue weighted by molar-refractivity contribution is 5.76. The van der Waals surface area contributed by atoms with Gasteiger partial charge in [-0.1, -0.05) is 322 Å². The van der Waals surface area contributed by atoms with Crippen molar-refractivity contribution in [2.45, 2.75) is 346 Å². The molecule has 1 aliphatic rings. The number of aliphatic hydroxyl groups excluding tert-OH is 5. The number of hydrogen-bond acceptors (Lipinski definition) is 8. The number of rotatable bonds is 60. The van der Waals surface area contributed by atoms with E-state index in [1.165, 1.54) is 193 Å². The van der Waals surface area contributed by atoms with Crippen molar-refractivity contribution < 1.29 is 39.8 Å². The molecular weight excluding hydrogens is 1040 g/mol. The first-order valence-electron chi connectivity index (χ1n) is 35.1. The van der Waals surface area contributed by atoms with Crippen LogP contribution in [0.15, 0.2) is 109 Å². The minimum Gasteiger partial charge on any atom is -0.394 e.